The molecule has 0 spiro atoms. The number of rotatable bonds is 2. The molecule has 1 N–H and O–H groups in total. The third-order valence-corrected chi connectivity index (χ3v) is 4.77. The van der Waals surface area contributed by atoms with E-state index >= 15 is 0 Å². The first-order valence-electron chi connectivity index (χ1n) is 7.63. The van der Waals surface area contributed by atoms with Crippen molar-refractivity contribution in [2.75, 3.05) is 13.2 Å². The summed E-state index contributed by atoms with van der Waals surface area (Å²) in [5.41, 5.74) is 0. The van der Waals surface area contributed by atoms with E-state index in [9.17, 15) is 9.90 Å². The number of hydrogen-bond acceptors (Lipinski definition) is 3. The van der Waals surface area contributed by atoms with Crippen LogP contribution >= 0.6 is 0 Å². The molecule has 5 heteroatoms. The summed E-state index contributed by atoms with van der Waals surface area (Å²) in [6.07, 6.45) is 7.68. The molecule has 5 nitrogen and oxygen atoms in total. The third-order valence-electron chi connectivity index (χ3n) is 4.77. The van der Waals surface area contributed by atoms with Gasteiger partial charge in [-0.3, -0.25) is 4.79 Å². The van der Waals surface area contributed by atoms with Gasteiger partial charge in [-0.05, 0) is 38.5 Å². The number of amides is 1. The van der Waals surface area contributed by atoms with Crippen molar-refractivity contribution in [3.8, 4) is 0 Å². The molecule has 0 aromatic carbocycles. The molecule has 1 aromatic rings. The van der Waals surface area contributed by atoms with Crippen LogP contribution < -0.4 is 0 Å². The second kappa shape index (κ2) is 5.56. The summed E-state index contributed by atoms with van der Waals surface area (Å²) in [6.45, 7) is 3.94. The number of aryl methyl sites for hydroxylation is 1. The van der Waals surface area contributed by atoms with Gasteiger partial charge in [-0.1, -0.05) is 0 Å². The van der Waals surface area contributed by atoms with E-state index in [1.807, 2.05) is 11.1 Å². The average molecular weight is 277 g/mol. The first-order valence-corrected chi connectivity index (χ1v) is 7.63. The number of aliphatic hydroxyl groups excluding tert-OH is 1. The van der Waals surface area contributed by atoms with Crippen molar-refractivity contribution in [2.45, 2.75) is 51.1 Å². The average Bonchev–Trinajstić information content (AvgIpc) is 2.95. The number of carbonyl (C=O) groups is 1. The fourth-order valence-corrected chi connectivity index (χ4v) is 3.49. The van der Waals surface area contributed by atoms with Crippen LogP contribution in [0.1, 0.15) is 44.3 Å². The van der Waals surface area contributed by atoms with Crippen LogP contribution in [0.25, 0.3) is 0 Å². The Morgan fingerprint density at radius 3 is 3.10 bits per heavy atom. The van der Waals surface area contributed by atoms with Crippen LogP contribution in [-0.4, -0.2) is 44.7 Å². The predicted molar refractivity (Wildman–Crippen MR) is 75.2 cm³/mol. The molecule has 0 aliphatic carbocycles. The van der Waals surface area contributed by atoms with Gasteiger partial charge >= 0.3 is 0 Å². The Labute approximate surface area is 119 Å². The van der Waals surface area contributed by atoms with Crippen LogP contribution in [0.3, 0.4) is 0 Å². The molecule has 2 aliphatic rings. The summed E-state index contributed by atoms with van der Waals surface area (Å²) in [6, 6.07) is 0.274. The summed E-state index contributed by atoms with van der Waals surface area (Å²) in [5, 5.41) is 9.36. The Bertz CT molecular complexity index is 485. The normalized spacial score (nSPS) is 30.1. The molecule has 110 valence electrons. The highest BCUT2D eigenvalue weighted by atomic mass is 16.3. The van der Waals surface area contributed by atoms with E-state index in [1.54, 1.807) is 6.20 Å². The van der Waals surface area contributed by atoms with Gasteiger partial charge in [0.05, 0.1) is 5.92 Å². The molecule has 2 aliphatic heterocycles. The number of imidazole rings is 1. The van der Waals surface area contributed by atoms with Crippen molar-refractivity contribution >= 4 is 5.91 Å². The van der Waals surface area contributed by atoms with Gasteiger partial charge < -0.3 is 14.6 Å². The molecular formula is C15H23N3O2. The highest BCUT2D eigenvalue weighted by Gasteiger charge is 2.36. The molecule has 1 saturated heterocycles. The van der Waals surface area contributed by atoms with Gasteiger partial charge in [0.15, 0.2) is 0 Å². The van der Waals surface area contributed by atoms with Crippen LogP contribution in [0.2, 0.25) is 0 Å². The minimum Gasteiger partial charge on any atom is -0.396 e. The number of carbonyl (C=O) groups excluding carboxylic acids is 1. The maximum Gasteiger partial charge on any atom is 0.233 e. The number of aromatic nitrogens is 2. The van der Waals surface area contributed by atoms with Gasteiger partial charge in [0.25, 0.3) is 0 Å². The molecule has 0 bridgehead atoms. The van der Waals surface area contributed by atoms with Crippen molar-refractivity contribution < 1.29 is 9.90 Å². The number of likely N-dealkylation sites (tertiary alicyclic amines) is 1. The summed E-state index contributed by atoms with van der Waals surface area (Å²) >= 11 is 0. The second-order valence-electron chi connectivity index (χ2n) is 6.14. The third kappa shape index (κ3) is 2.35. The van der Waals surface area contributed by atoms with Gasteiger partial charge in [0, 0.05) is 38.1 Å². The van der Waals surface area contributed by atoms with Crippen LogP contribution in [-0.2, 0) is 11.3 Å². The zero-order chi connectivity index (χ0) is 14.1. The molecule has 3 heterocycles. The fourth-order valence-electron chi connectivity index (χ4n) is 3.49. The molecule has 0 radical (unpaired) electrons. The van der Waals surface area contributed by atoms with Crippen molar-refractivity contribution in [2.24, 2.45) is 5.92 Å². The Morgan fingerprint density at radius 1 is 1.45 bits per heavy atom. The minimum atomic E-state index is -0.0985. The van der Waals surface area contributed by atoms with Gasteiger partial charge in [0.1, 0.15) is 5.82 Å². The van der Waals surface area contributed by atoms with E-state index in [1.165, 1.54) is 0 Å². The van der Waals surface area contributed by atoms with E-state index in [0.29, 0.717) is 6.54 Å². The van der Waals surface area contributed by atoms with Gasteiger partial charge in [-0.2, -0.15) is 0 Å². The van der Waals surface area contributed by atoms with Crippen molar-refractivity contribution in [1.29, 1.82) is 0 Å². The Kier molecular flexibility index (Phi) is 3.78. The van der Waals surface area contributed by atoms with Crippen LogP contribution in [0.5, 0.6) is 0 Å². The van der Waals surface area contributed by atoms with Crippen LogP contribution in [0.15, 0.2) is 12.4 Å². The Balaban J connectivity index is 1.79. The molecule has 0 saturated carbocycles. The summed E-state index contributed by atoms with van der Waals surface area (Å²) in [5.74, 6) is 1.25. The quantitative estimate of drug-likeness (QED) is 0.888. The van der Waals surface area contributed by atoms with Crippen molar-refractivity contribution in [1.82, 2.24) is 14.5 Å². The number of fused-ring (bicyclic) bond motifs is 1. The second-order valence-corrected chi connectivity index (χ2v) is 6.14. The zero-order valence-electron chi connectivity index (χ0n) is 12.0. The lowest BCUT2D eigenvalue weighted by Crippen LogP contribution is -2.48. The molecule has 20 heavy (non-hydrogen) atoms. The van der Waals surface area contributed by atoms with E-state index in [-0.39, 0.29) is 30.4 Å². The largest absolute Gasteiger partial charge is 0.396 e. The smallest absolute Gasteiger partial charge is 0.233 e. The molecular weight excluding hydrogens is 254 g/mol. The van der Waals surface area contributed by atoms with E-state index in [4.69, 9.17) is 0 Å². The molecule has 1 amide bonds. The monoisotopic (exact) mass is 277 g/mol. The van der Waals surface area contributed by atoms with Gasteiger partial charge in [-0.25, -0.2) is 4.98 Å². The molecule has 1 aromatic heterocycles. The van der Waals surface area contributed by atoms with Crippen LogP contribution in [0, 0.1) is 5.92 Å². The standard InChI is InChI=1S/C15H23N3O2/c1-11-4-5-12(10-19)9-18(11)15(20)13-3-2-7-17-8-6-16-14(13)17/h6,8,11-13,19H,2-5,7,9-10H2,1H3. The molecule has 3 atom stereocenters. The number of piperidine rings is 1. The zero-order valence-corrected chi connectivity index (χ0v) is 12.0. The van der Waals surface area contributed by atoms with Gasteiger partial charge in [-0.15, -0.1) is 0 Å². The maximum absolute atomic E-state index is 12.9. The van der Waals surface area contributed by atoms with Crippen molar-refractivity contribution in [3.63, 3.8) is 0 Å². The van der Waals surface area contributed by atoms with E-state index in [2.05, 4.69) is 16.5 Å². The fraction of sp³-hybridized carbons (Fsp3) is 0.733. The Morgan fingerprint density at radius 2 is 2.30 bits per heavy atom. The highest BCUT2D eigenvalue weighted by Crippen LogP contribution is 2.31. The lowest BCUT2D eigenvalue weighted by molar-refractivity contribution is -0.138. The first kappa shape index (κ1) is 13.6. The van der Waals surface area contributed by atoms with E-state index in [0.717, 1.165) is 38.1 Å². The predicted octanol–water partition coefficient (Wildman–Crippen LogP) is 1.38. The lowest BCUT2D eigenvalue weighted by Gasteiger charge is -2.39. The highest BCUT2D eigenvalue weighted by molar-refractivity contribution is 5.83. The van der Waals surface area contributed by atoms with Gasteiger partial charge in [0.2, 0.25) is 5.91 Å². The molecule has 3 unspecified atom stereocenters. The SMILES string of the molecule is CC1CCC(CO)CN1C(=O)C1CCCn2ccnc21. The number of hydrogen-bond donors (Lipinski definition) is 1. The summed E-state index contributed by atoms with van der Waals surface area (Å²) < 4.78 is 2.10. The number of nitrogens with zero attached hydrogens (tertiary/aromatic N) is 3. The maximum atomic E-state index is 12.9. The minimum absolute atomic E-state index is 0.0985. The number of aliphatic hydroxyl groups is 1. The topological polar surface area (TPSA) is 58.4 Å². The Hall–Kier alpha value is -1.36. The van der Waals surface area contributed by atoms with Crippen molar-refractivity contribution in [3.05, 3.63) is 18.2 Å². The summed E-state index contributed by atoms with van der Waals surface area (Å²) in [4.78, 5) is 19.2. The molecule has 3 rings (SSSR count). The lowest BCUT2D eigenvalue weighted by atomic mass is 9.90. The molecule has 1 fully saturated rings. The van der Waals surface area contributed by atoms with E-state index < -0.39 is 0 Å². The first-order chi connectivity index (χ1) is 9.70. The van der Waals surface area contributed by atoms with Crippen LogP contribution in [0.4, 0.5) is 0 Å². The summed E-state index contributed by atoms with van der Waals surface area (Å²) in [7, 11) is 0.